The van der Waals surface area contributed by atoms with E-state index in [-0.39, 0.29) is 0 Å². The van der Waals surface area contributed by atoms with Crippen molar-refractivity contribution in [1.82, 2.24) is 19.5 Å². The van der Waals surface area contributed by atoms with Gasteiger partial charge in [0.1, 0.15) is 11.2 Å². The Labute approximate surface area is 330 Å². The number of furan rings is 1. The van der Waals surface area contributed by atoms with E-state index in [1.165, 1.54) is 47.5 Å². The normalized spacial score (nSPS) is 11.9. The molecule has 0 radical (unpaired) electrons. The highest BCUT2D eigenvalue weighted by Crippen LogP contribution is 2.43. The van der Waals surface area contributed by atoms with Crippen LogP contribution in [0.5, 0.6) is 0 Å². The van der Waals surface area contributed by atoms with Gasteiger partial charge in [-0.3, -0.25) is 0 Å². The maximum absolute atomic E-state index is 6.46. The van der Waals surface area contributed by atoms with Gasteiger partial charge in [0, 0.05) is 64.1 Å². The minimum Gasteiger partial charge on any atom is -0.456 e. The summed E-state index contributed by atoms with van der Waals surface area (Å²) in [5, 5.41) is 7.07. The Bertz CT molecular complexity index is 3420. The predicted molar refractivity (Wildman–Crippen MR) is 236 cm³/mol. The summed E-state index contributed by atoms with van der Waals surface area (Å²) in [6.07, 6.45) is 0. The van der Waals surface area contributed by atoms with Crippen LogP contribution in [0.25, 0.3) is 115 Å². The Morgan fingerprint density at radius 1 is 0.386 bits per heavy atom. The highest BCUT2D eigenvalue weighted by atomic mass is 32.1. The van der Waals surface area contributed by atoms with E-state index in [0.717, 1.165) is 49.9 Å². The Morgan fingerprint density at radius 2 is 0.947 bits per heavy atom. The van der Waals surface area contributed by atoms with Crippen LogP contribution in [0.3, 0.4) is 0 Å². The number of para-hydroxylation sites is 2. The fraction of sp³-hybridized carbons (Fsp3) is 0. The molecule has 6 heteroatoms. The summed E-state index contributed by atoms with van der Waals surface area (Å²) in [6, 6.07) is 63.9. The van der Waals surface area contributed by atoms with Gasteiger partial charge in [-0.15, -0.1) is 11.3 Å². The molecule has 266 valence electrons. The molecule has 8 aromatic carbocycles. The lowest BCUT2D eigenvalue weighted by atomic mass is 9.97. The Balaban J connectivity index is 1.02. The van der Waals surface area contributed by atoms with Gasteiger partial charge >= 0.3 is 0 Å². The molecule has 5 nitrogen and oxygen atoms in total. The van der Waals surface area contributed by atoms with Crippen molar-refractivity contribution in [1.29, 1.82) is 0 Å². The second kappa shape index (κ2) is 12.6. The molecular formula is C51H30N4OS. The van der Waals surface area contributed by atoms with Gasteiger partial charge in [0.2, 0.25) is 0 Å². The summed E-state index contributed by atoms with van der Waals surface area (Å²) in [5.41, 5.74) is 10.4. The fourth-order valence-electron chi connectivity index (χ4n) is 8.42. The first-order valence-corrected chi connectivity index (χ1v) is 19.8. The lowest BCUT2D eigenvalue weighted by Crippen LogP contribution is -2.00. The standard InChI is InChI=1S/C51H30N4OS/c1-3-12-31(13-4-1)49-52-50(32-14-5-2-6-15-32)54-51(53-49)34-23-27-46-41(29-34)48-36(18-11-21-47(48)57-46)33-22-25-44-39(28-33)40-30-35(24-26-45(40)56-44)55-42-19-9-7-16-37(42)38-17-8-10-20-43(38)55/h1-30H. The zero-order valence-corrected chi connectivity index (χ0v) is 31.2. The SMILES string of the molecule is c1ccc(-c2nc(-c3ccccc3)nc(-c3ccc4sc5cccc(-c6ccc7oc8ccc(-n9c%10ccccc%10c%10ccccc%109)cc8c7c6)c5c4c3)n2)cc1. The van der Waals surface area contributed by atoms with Gasteiger partial charge in [-0.1, -0.05) is 115 Å². The molecule has 4 heterocycles. The zero-order chi connectivity index (χ0) is 37.5. The molecule has 57 heavy (non-hydrogen) atoms. The number of hydrogen-bond acceptors (Lipinski definition) is 5. The van der Waals surface area contributed by atoms with E-state index < -0.39 is 0 Å². The van der Waals surface area contributed by atoms with Crippen molar-refractivity contribution >= 4 is 75.3 Å². The Kier molecular flexibility index (Phi) is 7.03. The number of benzene rings is 8. The maximum atomic E-state index is 6.46. The first kappa shape index (κ1) is 31.9. The quantitative estimate of drug-likeness (QED) is 0.176. The minimum absolute atomic E-state index is 0.645. The van der Waals surface area contributed by atoms with Gasteiger partial charge < -0.3 is 8.98 Å². The van der Waals surface area contributed by atoms with Crippen LogP contribution >= 0.6 is 11.3 Å². The van der Waals surface area contributed by atoms with Crippen molar-refractivity contribution in [3.05, 3.63) is 182 Å². The van der Waals surface area contributed by atoms with E-state index >= 15 is 0 Å². The Morgan fingerprint density at radius 3 is 1.63 bits per heavy atom. The van der Waals surface area contributed by atoms with Gasteiger partial charge in [-0.2, -0.15) is 0 Å². The monoisotopic (exact) mass is 746 g/mol. The van der Waals surface area contributed by atoms with Gasteiger partial charge in [-0.25, -0.2) is 15.0 Å². The Hall–Kier alpha value is -7.41. The van der Waals surface area contributed by atoms with Crippen molar-refractivity contribution in [2.45, 2.75) is 0 Å². The van der Waals surface area contributed by atoms with Crippen LogP contribution in [0.1, 0.15) is 0 Å². The first-order chi connectivity index (χ1) is 28.2. The maximum Gasteiger partial charge on any atom is 0.164 e. The minimum atomic E-state index is 0.645. The highest BCUT2D eigenvalue weighted by molar-refractivity contribution is 7.26. The molecule has 12 aromatic rings. The molecule has 0 bridgehead atoms. The predicted octanol–water partition coefficient (Wildman–Crippen LogP) is 13.9. The third-order valence-electron chi connectivity index (χ3n) is 11.1. The molecule has 0 N–H and O–H groups in total. The molecule has 0 fully saturated rings. The zero-order valence-electron chi connectivity index (χ0n) is 30.4. The number of nitrogens with zero attached hydrogens (tertiary/aromatic N) is 4. The molecule has 0 saturated heterocycles. The van der Waals surface area contributed by atoms with Gasteiger partial charge in [0.05, 0.1) is 11.0 Å². The van der Waals surface area contributed by atoms with E-state index in [9.17, 15) is 0 Å². The molecule has 0 unspecified atom stereocenters. The summed E-state index contributed by atoms with van der Waals surface area (Å²) in [5.74, 6) is 1.95. The molecule has 0 spiro atoms. The van der Waals surface area contributed by atoms with E-state index in [1.54, 1.807) is 0 Å². The van der Waals surface area contributed by atoms with Crippen LogP contribution in [0.15, 0.2) is 186 Å². The first-order valence-electron chi connectivity index (χ1n) is 19.0. The molecule has 0 aliphatic heterocycles. The number of fused-ring (bicyclic) bond motifs is 9. The fourth-order valence-corrected chi connectivity index (χ4v) is 9.53. The van der Waals surface area contributed by atoms with Crippen molar-refractivity contribution < 1.29 is 4.42 Å². The third kappa shape index (κ3) is 5.12. The molecule has 0 atom stereocenters. The third-order valence-corrected chi connectivity index (χ3v) is 12.2. The summed E-state index contributed by atoms with van der Waals surface area (Å²) in [4.78, 5) is 15.0. The molecule has 12 rings (SSSR count). The van der Waals surface area contributed by atoms with Gasteiger partial charge in [0.15, 0.2) is 17.5 Å². The van der Waals surface area contributed by atoms with Gasteiger partial charge in [-0.05, 0) is 77.9 Å². The molecule has 0 aliphatic rings. The average Bonchev–Trinajstić information content (AvgIpc) is 3.95. The van der Waals surface area contributed by atoms with Crippen LogP contribution in [0.2, 0.25) is 0 Å². The van der Waals surface area contributed by atoms with Crippen LogP contribution in [-0.4, -0.2) is 19.5 Å². The molecule has 4 aromatic heterocycles. The molecule has 0 saturated carbocycles. The van der Waals surface area contributed by atoms with E-state index in [0.29, 0.717) is 17.5 Å². The number of hydrogen-bond donors (Lipinski definition) is 0. The topological polar surface area (TPSA) is 56.7 Å². The van der Waals surface area contributed by atoms with E-state index in [4.69, 9.17) is 19.4 Å². The molecule has 0 aliphatic carbocycles. The van der Waals surface area contributed by atoms with Crippen LogP contribution in [0, 0.1) is 0 Å². The second-order valence-electron chi connectivity index (χ2n) is 14.4. The van der Waals surface area contributed by atoms with Crippen molar-refractivity contribution in [2.24, 2.45) is 0 Å². The summed E-state index contributed by atoms with van der Waals surface area (Å²) >= 11 is 1.81. The van der Waals surface area contributed by atoms with Gasteiger partial charge in [0.25, 0.3) is 0 Å². The highest BCUT2D eigenvalue weighted by Gasteiger charge is 2.18. The van der Waals surface area contributed by atoms with E-state index in [2.05, 4.69) is 126 Å². The summed E-state index contributed by atoms with van der Waals surface area (Å²) in [6.45, 7) is 0. The summed E-state index contributed by atoms with van der Waals surface area (Å²) in [7, 11) is 0. The van der Waals surface area contributed by atoms with E-state index in [1.807, 2.05) is 72.0 Å². The average molecular weight is 747 g/mol. The van der Waals surface area contributed by atoms with Crippen LogP contribution in [0.4, 0.5) is 0 Å². The van der Waals surface area contributed by atoms with Crippen LogP contribution in [-0.2, 0) is 0 Å². The van der Waals surface area contributed by atoms with Crippen LogP contribution < -0.4 is 0 Å². The molecular weight excluding hydrogens is 717 g/mol. The largest absolute Gasteiger partial charge is 0.456 e. The summed E-state index contributed by atoms with van der Waals surface area (Å²) < 4.78 is 11.3. The smallest absolute Gasteiger partial charge is 0.164 e. The second-order valence-corrected chi connectivity index (χ2v) is 15.5. The number of thiophene rings is 1. The lowest BCUT2D eigenvalue weighted by Gasteiger charge is -2.09. The number of rotatable bonds is 5. The van der Waals surface area contributed by atoms with Crippen molar-refractivity contribution in [2.75, 3.05) is 0 Å². The number of aromatic nitrogens is 4. The van der Waals surface area contributed by atoms with Crippen molar-refractivity contribution in [3.8, 4) is 51.0 Å². The molecule has 0 amide bonds. The van der Waals surface area contributed by atoms with Crippen molar-refractivity contribution in [3.63, 3.8) is 0 Å². The lowest BCUT2D eigenvalue weighted by molar-refractivity contribution is 0.669.